The quantitative estimate of drug-likeness (QED) is 0.462. The van der Waals surface area contributed by atoms with Crippen LogP contribution < -0.4 is 0 Å². The maximum absolute atomic E-state index is 13.2. The number of rotatable bonds is 7. The molecule has 0 fully saturated rings. The molecule has 0 saturated carbocycles. The molecule has 0 aliphatic heterocycles. The lowest BCUT2D eigenvalue weighted by Crippen LogP contribution is -2.47. The van der Waals surface area contributed by atoms with E-state index in [2.05, 4.69) is 24.3 Å². The van der Waals surface area contributed by atoms with Gasteiger partial charge in [-0.3, -0.25) is 4.90 Å². The fraction of sp³-hybridized carbons (Fsp3) is 0.286. The number of fused-ring (bicyclic) bond motifs is 3. The van der Waals surface area contributed by atoms with Gasteiger partial charge in [-0.2, -0.15) is 0 Å². The van der Waals surface area contributed by atoms with Crippen LogP contribution in [-0.4, -0.2) is 43.3 Å². The molecule has 1 aliphatic rings. The van der Waals surface area contributed by atoms with Gasteiger partial charge in [-0.1, -0.05) is 78.4 Å². The standard InChI is InChI=1S/C28H29NO4/c1-4-29(26(27(30)32-3)17-20-15-13-19(2)14-16-20)28(31)33-18-25-23-11-7-5-9-21(23)22-10-6-8-12-24(22)25/h5-16,25-26H,4,17-18H2,1-3H3/t26-/m0/s1. The van der Waals surface area contributed by atoms with E-state index in [1.54, 1.807) is 0 Å². The van der Waals surface area contributed by atoms with Crippen molar-refractivity contribution in [2.24, 2.45) is 0 Å². The molecule has 0 aromatic heterocycles. The molecule has 1 aliphatic carbocycles. The molecule has 0 spiro atoms. The summed E-state index contributed by atoms with van der Waals surface area (Å²) in [6.45, 7) is 4.40. The summed E-state index contributed by atoms with van der Waals surface area (Å²) in [5.74, 6) is -0.486. The summed E-state index contributed by atoms with van der Waals surface area (Å²) in [6, 6.07) is 23.6. The summed E-state index contributed by atoms with van der Waals surface area (Å²) >= 11 is 0. The zero-order valence-corrected chi connectivity index (χ0v) is 19.3. The molecule has 170 valence electrons. The van der Waals surface area contributed by atoms with E-state index >= 15 is 0 Å². The van der Waals surface area contributed by atoms with E-state index in [1.807, 2.05) is 62.4 Å². The second-order valence-electron chi connectivity index (χ2n) is 8.32. The SMILES string of the molecule is CCN(C(=O)OCC1c2ccccc2-c2ccccc21)[C@@H](Cc1ccc(C)cc1)C(=O)OC. The van der Waals surface area contributed by atoms with E-state index in [-0.39, 0.29) is 12.5 Å². The van der Waals surface area contributed by atoms with E-state index in [1.165, 1.54) is 23.1 Å². The van der Waals surface area contributed by atoms with Gasteiger partial charge in [0, 0.05) is 18.9 Å². The molecule has 1 atom stereocenters. The zero-order chi connectivity index (χ0) is 23.4. The third kappa shape index (κ3) is 4.63. The lowest BCUT2D eigenvalue weighted by Gasteiger charge is -2.29. The molecule has 1 amide bonds. The van der Waals surface area contributed by atoms with Gasteiger partial charge in [0.05, 0.1) is 7.11 Å². The number of esters is 1. The predicted molar refractivity (Wildman–Crippen MR) is 128 cm³/mol. The van der Waals surface area contributed by atoms with Gasteiger partial charge >= 0.3 is 12.1 Å². The summed E-state index contributed by atoms with van der Waals surface area (Å²) < 4.78 is 10.8. The van der Waals surface area contributed by atoms with Crippen molar-refractivity contribution in [3.63, 3.8) is 0 Å². The number of amides is 1. The first-order valence-corrected chi connectivity index (χ1v) is 11.3. The minimum Gasteiger partial charge on any atom is -0.467 e. The molecular formula is C28H29NO4. The number of carbonyl (C=O) groups excluding carboxylic acids is 2. The Morgan fingerprint density at radius 2 is 1.48 bits per heavy atom. The summed E-state index contributed by atoms with van der Waals surface area (Å²) in [4.78, 5) is 27.2. The van der Waals surface area contributed by atoms with Gasteiger partial charge in [0.15, 0.2) is 0 Å². The Morgan fingerprint density at radius 1 is 0.909 bits per heavy atom. The van der Waals surface area contributed by atoms with Crippen molar-refractivity contribution in [3.05, 3.63) is 95.1 Å². The van der Waals surface area contributed by atoms with Crippen molar-refractivity contribution in [2.75, 3.05) is 20.3 Å². The Balaban J connectivity index is 1.52. The Labute approximate surface area is 194 Å². The van der Waals surface area contributed by atoms with Crippen molar-refractivity contribution in [3.8, 4) is 11.1 Å². The lowest BCUT2D eigenvalue weighted by molar-refractivity contribution is -0.146. The average molecular weight is 444 g/mol. The summed E-state index contributed by atoms with van der Waals surface area (Å²) in [5.41, 5.74) is 6.75. The largest absolute Gasteiger partial charge is 0.467 e. The van der Waals surface area contributed by atoms with Gasteiger partial charge in [0.2, 0.25) is 0 Å². The Kier molecular flexibility index (Phi) is 6.78. The first-order valence-electron chi connectivity index (χ1n) is 11.3. The van der Waals surface area contributed by atoms with Crippen molar-refractivity contribution in [1.82, 2.24) is 4.90 Å². The van der Waals surface area contributed by atoms with E-state index in [0.29, 0.717) is 13.0 Å². The number of ether oxygens (including phenoxy) is 2. The van der Waals surface area contributed by atoms with Crippen LogP contribution in [0, 0.1) is 6.92 Å². The van der Waals surface area contributed by atoms with Crippen molar-refractivity contribution >= 4 is 12.1 Å². The predicted octanol–water partition coefficient (Wildman–Crippen LogP) is 5.35. The number of likely N-dealkylation sites (N-methyl/N-ethyl adjacent to an activating group) is 1. The number of methoxy groups -OCH3 is 1. The fourth-order valence-corrected chi connectivity index (χ4v) is 4.56. The van der Waals surface area contributed by atoms with Gasteiger partial charge in [0.25, 0.3) is 0 Å². The molecule has 0 bridgehead atoms. The van der Waals surface area contributed by atoms with Gasteiger partial charge in [0.1, 0.15) is 12.6 Å². The number of benzene rings is 3. The van der Waals surface area contributed by atoms with Crippen LogP contribution in [0.3, 0.4) is 0 Å². The first kappa shape index (κ1) is 22.6. The monoisotopic (exact) mass is 443 g/mol. The van der Waals surface area contributed by atoms with E-state index in [0.717, 1.165) is 22.3 Å². The maximum atomic E-state index is 13.2. The lowest BCUT2D eigenvalue weighted by atomic mass is 9.98. The number of aryl methyl sites for hydroxylation is 1. The zero-order valence-electron chi connectivity index (χ0n) is 19.3. The third-order valence-electron chi connectivity index (χ3n) is 6.31. The van der Waals surface area contributed by atoms with Crippen LogP contribution in [0.2, 0.25) is 0 Å². The minimum absolute atomic E-state index is 0.0336. The number of nitrogens with zero attached hydrogens (tertiary/aromatic N) is 1. The average Bonchev–Trinajstić information content (AvgIpc) is 3.17. The van der Waals surface area contributed by atoms with Crippen LogP contribution in [0.5, 0.6) is 0 Å². The molecule has 0 heterocycles. The van der Waals surface area contributed by atoms with Gasteiger partial charge < -0.3 is 9.47 Å². The molecule has 5 nitrogen and oxygen atoms in total. The maximum Gasteiger partial charge on any atom is 0.410 e. The second kappa shape index (κ2) is 9.90. The molecule has 3 aromatic carbocycles. The molecular weight excluding hydrogens is 414 g/mol. The number of carbonyl (C=O) groups is 2. The molecule has 0 radical (unpaired) electrons. The van der Waals surface area contributed by atoms with Crippen molar-refractivity contribution in [2.45, 2.75) is 32.2 Å². The van der Waals surface area contributed by atoms with E-state index in [4.69, 9.17) is 9.47 Å². The molecule has 3 aromatic rings. The minimum atomic E-state index is -0.752. The fourth-order valence-electron chi connectivity index (χ4n) is 4.56. The highest BCUT2D eigenvalue weighted by atomic mass is 16.6. The van der Waals surface area contributed by atoms with Crippen LogP contribution in [0.25, 0.3) is 11.1 Å². The van der Waals surface area contributed by atoms with Crippen molar-refractivity contribution < 1.29 is 19.1 Å². The highest BCUT2D eigenvalue weighted by Crippen LogP contribution is 2.44. The third-order valence-corrected chi connectivity index (χ3v) is 6.31. The van der Waals surface area contributed by atoms with E-state index < -0.39 is 18.1 Å². The molecule has 4 rings (SSSR count). The highest BCUT2D eigenvalue weighted by molar-refractivity contribution is 5.82. The van der Waals surface area contributed by atoms with Crippen molar-refractivity contribution in [1.29, 1.82) is 0 Å². The molecule has 0 unspecified atom stereocenters. The van der Waals surface area contributed by atoms with Crippen LogP contribution in [0.4, 0.5) is 4.79 Å². The second-order valence-corrected chi connectivity index (χ2v) is 8.32. The summed E-state index contributed by atoms with van der Waals surface area (Å²) in [5, 5.41) is 0. The smallest absolute Gasteiger partial charge is 0.410 e. The first-order chi connectivity index (χ1) is 16.0. The molecule has 33 heavy (non-hydrogen) atoms. The highest BCUT2D eigenvalue weighted by Gasteiger charge is 2.33. The molecule has 0 N–H and O–H groups in total. The number of hydrogen-bond donors (Lipinski definition) is 0. The Morgan fingerprint density at radius 3 is 2.03 bits per heavy atom. The van der Waals surface area contributed by atoms with Crippen LogP contribution in [0.15, 0.2) is 72.8 Å². The van der Waals surface area contributed by atoms with Crippen LogP contribution >= 0.6 is 0 Å². The van der Waals surface area contributed by atoms with Crippen LogP contribution in [-0.2, 0) is 20.7 Å². The summed E-state index contributed by atoms with van der Waals surface area (Å²) in [6.07, 6.45) is -0.146. The van der Waals surface area contributed by atoms with E-state index in [9.17, 15) is 9.59 Å². The van der Waals surface area contributed by atoms with Gasteiger partial charge in [-0.25, -0.2) is 9.59 Å². The topological polar surface area (TPSA) is 55.8 Å². The Hall–Kier alpha value is -3.60. The van der Waals surface area contributed by atoms with Gasteiger partial charge in [-0.05, 0) is 41.7 Å². The normalized spacial score (nSPS) is 13.1. The number of hydrogen-bond acceptors (Lipinski definition) is 4. The van der Waals surface area contributed by atoms with Crippen LogP contribution in [0.1, 0.15) is 35.1 Å². The molecule has 5 heteroatoms. The Bertz CT molecular complexity index is 1090. The summed E-state index contributed by atoms with van der Waals surface area (Å²) in [7, 11) is 1.34. The molecule has 0 saturated heterocycles. The van der Waals surface area contributed by atoms with Gasteiger partial charge in [-0.15, -0.1) is 0 Å².